The Bertz CT molecular complexity index is 780. The number of rotatable bonds is 5. The minimum atomic E-state index is -0.256. The van der Waals surface area contributed by atoms with E-state index in [-0.39, 0.29) is 24.1 Å². The summed E-state index contributed by atoms with van der Waals surface area (Å²) in [6.45, 7) is 2.26. The molecule has 142 valence electrons. The maximum absolute atomic E-state index is 13.0. The second kappa shape index (κ2) is 8.11. The zero-order chi connectivity index (χ0) is 18.6. The van der Waals surface area contributed by atoms with Gasteiger partial charge in [0.2, 0.25) is 5.91 Å². The third kappa shape index (κ3) is 4.31. The van der Waals surface area contributed by atoms with Gasteiger partial charge in [0.05, 0.1) is 12.1 Å². The maximum atomic E-state index is 13.0. The summed E-state index contributed by atoms with van der Waals surface area (Å²) in [6, 6.07) is 18.0. The number of likely N-dealkylation sites (tertiary alicyclic amines) is 1. The number of para-hydroxylation sites is 1. The molecular weight excluding hydrogens is 338 g/mol. The molecule has 1 saturated heterocycles. The molecule has 3 atom stereocenters. The lowest BCUT2D eigenvalue weighted by Crippen LogP contribution is -2.45. The van der Waals surface area contributed by atoms with Gasteiger partial charge in [-0.3, -0.25) is 9.69 Å². The van der Waals surface area contributed by atoms with E-state index in [1.807, 2.05) is 36.4 Å². The Morgan fingerprint density at radius 3 is 2.70 bits per heavy atom. The van der Waals surface area contributed by atoms with E-state index < -0.39 is 0 Å². The van der Waals surface area contributed by atoms with Crippen LogP contribution in [0.15, 0.2) is 54.6 Å². The summed E-state index contributed by atoms with van der Waals surface area (Å²) < 4.78 is 0. The first-order valence-electron chi connectivity index (χ1n) is 9.79. The van der Waals surface area contributed by atoms with Crippen molar-refractivity contribution in [2.24, 2.45) is 0 Å². The molecule has 5 heteroatoms. The van der Waals surface area contributed by atoms with E-state index in [4.69, 9.17) is 0 Å². The van der Waals surface area contributed by atoms with Gasteiger partial charge in [-0.15, -0.1) is 0 Å². The van der Waals surface area contributed by atoms with Crippen LogP contribution < -0.4 is 10.6 Å². The number of aliphatic hydroxyl groups excluding tert-OH is 1. The van der Waals surface area contributed by atoms with Gasteiger partial charge in [-0.25, -0.2) is 0 Å². The van der Waals surface area contributed by atoms with Crippen molar-refractivity contribution in [2.75, 3.05) is 25.0 Å². The van der Waals surface area contributed by atoms with Crippen molar-refractivity contribution in [1.82, 2.24) is 10.2 Å². The molecule has 2 aliphatic heterocycles. The minimum absolute atomic E-state index is 0.0399. The van der Waals surface area contributed by atoms with Gasteiger partial charge in [-0.05, 0) is 36.5 Å². The second-order valence-corrected chi connectivity index (χ2v) is 7.57. The monoisotopic (exact) mass is 365 g/mol. The fourth-order valence-electron chi connectivity index (χ4n) is 4.06. The lowest BCUT2D eigenvalue weighted by atomic mass is 9.97. The number of aryl methyl sites for hydroxylation is 1. The van der Waals surface area contributed by atoms with E-state index in [0.717, 1.165) is 43.6 Å². The molecule has 1 fully saturated rings. The summed E-state index contributed by atoms with van der Waals surface area (Å²) in [7, 11) is 0. The molecule has 2 aromatic carbocycles. The van der Waals surface area contributed by atoms with Crippen molar-refractivity contribution >= 4 is 11.6 Å². The number of anilines is 1. The number of β-amino-alcohol motifs (C(OH)–C–C–N with tert-alkyl or cyclic N) is 1. The number of fused-ring (bicyclic) bond motifs is 1. The maximum Gasteiger partial charge on any atom is 0.243 e. The molecule has 0 aromatic heterocycles. The van der Waals surface area contributed by atoms with E-state index in [1.54, 1.807) is 0 Å². The smallest absolute Gasteiger partial charge is 0.243 e. The molecule has 2 aliphatic rings. The molecule has 4 rings (SSSR count). The van der Waals surface area contributed by atoms with Crippen molar-refractivity contribution in [3.05, 3.63) is 65.7 Å². The normalized spacial score (nSPS) is 23.3. The van der Waals surface area contributed by atoms with E-state index in [1.165, 1.54) is 5.56 Å². The fourth-order valence-corrected chi connectivity index (χ4v) is 4.06. The van der Waals surface area contributed by atoms with E-state index >= 15 is 0 Å². The van der Waals surface area contributed by atoms with Crippen LogP contribution in [-0.2, 0) is 11.2 Å². The van der Waals surface area contributed by atoms with Crippen LogP contribution >= 0.6 is 0 Å². The number of benzene rings is 2. The number of hydrogen-bond acceptors (Lipinski definition) is 4. The highest BCUT2D eigenvalue weighted by Crippen LogP contribution is 2.25. The lowest BCUT2D eigenvalue weighted by Gasteiger charge is -2.30. The Morgan fingerprint density at radius 1 is 1.15 bits per heavy atom. The summed E-state index contributed by atoms with van der Waals surface area (Å²) >= 11 is 0. The van der Waals surface area contributed by atoms with Crippen molar-refractivity contribution in [1.29, 1.82) is 0 Å². The average Bonchev–Trinajstić information content (AvgIpc) is 3.12. The average molecular weight is 365 g/mol. The third-order valence-electron chi connectivity index (χ3n) is 5.57. The first-order valence-corrected chi connectivity index (χ1v) is 9.79. The van der Waals surface area contributed by atoms with Crippen LogP contribution in [0.5, 0.6) is 0 Å². The van der Waals surface area contributed by atoms with Crippen LogP contribution in [0.2, 0.25) is 0 Å². The molecule has 0 aliphatic carbocycles. The summed E-state index contributed by atoms with van der Waals surface area (Å²) in [5, 5.41) is 16.5. The lowest BCUT2D eigenvalue weighted by molar-refractivity contribution is -0.122. The fraction of sp³-hybridized carbons (Fsp3) is 0.409. The highest BCUT2D eigenvalue weighted by molar-refractivity contribution is 5.86. The van der Waals surface area contributed by atoms with Gasteiger partial charge in [0.1, 0.15) is 6.04 Å². The second-order valence-electron chi connectivity index (χ2n) is 7.57. The van der Waals surface area contributed by atoms with Gasteiger partial charge in [-0.2, -0.15) is 0 Å². The van der Waals surface area contributed by atoms with Gasteiger partial charge in [0, 0.05) is 25.3 Å². The van der Waals surface area contributed by atoms with Crippen LogP contribution in [0, 0.1) is 0 Å². The third-order valence-corrected chi connectivity index (χ3v) is 5.57. The molecule has 2 heterocycles. The highest BCUT2D eigenvalue weighted by atomic mass is 16.3. The van der Waals surface area contributed by atoms with Gasteiger partial charge < -0.3 is 15.7 Å². The van der Waals surface area contributed by atoms with Gasteiger partial charge in [0.25, 0.3) is 0 Å². The van der Waals surface area contributed by atoms with Crippen LogP contribution in [0.1, 0.15) is 30.0 Å². The predicted molar refractivity (Wildman–Crippen MR) is 107 cm³/mol. The molecule has 1 amide bonds. The van der Waals surface area contributed by atoms with Gasteiger partial charge >= 0.3 is 0 Å². The van der Waals surface area contributed by atoms with Crippen molar-refractivity contribution in [2.45, 2.75) is 37.5 Å². The molecule has 3 unspecified atom stereocenters. The van der Waals surface area contributed by atoms with Crippen molar-refractivity contribution in [3.63, 3.8) is 0 Å². The summed E-state index contributed by atoms with van der Waals surface area (Å²) in [6.07, 6.45) is 2.26. The SMILES string of the molecule is O=C(NC(CN1CCC(O)C1)c1ccccc1)C1CCc2ccccc2N1. The first kappa shape index (κ1) is 18.0. The van der Waals surface area contributed by atoms with Crippen molar-refractivity contribution < 1.29 is 9.90 Å². The topological polar surface area (TPSA) is 64.6 Å². The summed E-state index contributed by atoms with van der Waals surface area (Å²) in [5.41, 5.74) is 3.43. The molecular formula is C22H27N3O2. The molecule has 0 radical (unpaired) electrons. The Morgan fingerprint density at radius 2 is 1.93 bits per heavy atom. The Kier molecular flexibility index (Phi) is 5.41. The zero-order valence-electron chi connectivity index (χ0n) is 15.5. The first-order chi connectivity index (χ1) is 13.2. The number of amides is 1. The summed E-state index contributed by atoms with van der Waals surface area (Å²) in [5.74, 6) is 0.0399. The number of nitrogens with zero attached hydrogens (tertiary/aromatic N) is 1. The number of carbonyl (C=O) groups excluding carboxylic acids is 1. The van der Waals surface area contributed by atoms with E-state index in [9.17, 15) is 9.90 Å². The quantitative estimate of drug-likeness (QED) is 0.761. The molecule has 0 spiro atoms. The Hall–Kier alpha value is -2.37. The van der Waals surface area contributed by atoms with Gasteiger partial charge in [-0.1, -0.05) is 48.5 Å². The molecule has 3 N–H and O–H groups in total. The molecule has 0 bridgehead atoms. The largest absolute Gasteiger partial charge is 0.392 e. The van der Waals surface area contributed by atoms with Crippen LogP contribution in [0.3, 0.4) is 0 Å². The number of carbonyl (C=O) groups is 1. The number of aliphatic hydroxyl groups is 1. The molecule has 0 saturated carbocycles. The minimum Gasteiger partial charge on any atom is -0.392 e. The zero-order valence-corrected chi connectivity index (χ0v) is 15.5. The number of hydrogen-bond donors (Lipinski definition) is 3. The van der Waals surface area contributed by atoms with Gasteiger partial charge in [0.15, 0.2) is 0 Å². The highest BCUT2D eigenvalue weighted by Gasteiger charge is 2.28. The van der Waals surface area contributed by atoms with Crippen LogP contribution in [0.25, 0.3) is 0 Å². The van der Waals surface area contributed by atoms with E-state index in [0.29, 0.717) is 6.54 Å². The molecule has 5 nitrogen and oxygen atoms in total. The Labute approximate surface area is 160 Å². The van der Waals surface area contributed by atoms with Crippen LogP contribution in [-0.4, -0.2) is 47.7 Å². The molecule has 2 aromatic rings. The standard InChI is InChI=1S/C22H27N3O2/c26-18-12-13-25(14-18)15-21(16-6-2-1-3-7-16)24-22(27)20-11-10-17-8-4-5-9-19(17)23-20/h1-9,18,20-21,23,26H,10-15H2,(H,24,27). The van der Waals surface area contributed by atoms with Crippen LogP contribution in [0.4, 0.5) is 5.69 Å². The number of nitrogens with one attached hydrogen (secondary N) is 2. The predicted octanol–water partition coefficient (Wildman–Crippen LogP) is 2.34. The summed E-state index contributed by atoms with van der Waals surface area (Å²) in [4.78, 5) is 15.2. The Balaban J connectivity index is 1.45. The molecule has 27 heavy (non-hydrogen) atoms. The van der Waals surface area contributed by atoms with E-state index in [2.05, 4.69) is 33.7 Å². The van der Waals surface area contributed by atoms with Crippen molar-refractivity contribution in [3.8, 4) is 0 Å².